The molecule has 0 aliphatic heterocycles. The molecule has 0 aliphatic carbocycles. The quantitative estimate of drug-likeness (QED) is 0.782. The smallest absolute Gasteiger partial charge is 0.275 e. The van der Waals surface area contributed by atoms with Crippen LogP contribution in [0.4, 0.5) is 5.69 Å². The molecule has 1 amide bonds. The van der Waals surface area contributed by atoms with E-state index in [2.05, 4.69) is 15.4 Å². The van der Waals surface area contributed by atoms with Crippen molar-refractivity contribution < 1.29 is 4.79 Å². The third-order valence-corrected chi connectivity index (χ3v) is 3.94. The first-order valence-electron chi connectivity index (χ1n) is 7.12. The van der Waals surface area contributed by atoms with Crippen molar-refractivity contribution in [2.45, 2.75) is 6.54 Å². The van der Waals surface area contributed by atoms with E-state index < -0.39 is 0 Å². The van der Waals surface area contributed by atoms with Crippen LogP contribution in [0, 0.1) is 0 Å². The Morgan fingerprint density at radius 2 is 2.22 bits per heavy atom. The van der Waals surface area contributed by atoms with Gasteiger partial charge < -0.3 is 10.2 Å². The molecule has 1 N–H and O–H groups in total. The molecule has 0 unspecified atom stereocenters. The van der Waals surface area contributed by atoms with Gasteiger partial charge in [-0.15, -0.1) is 11.3 Å². The Morgan fingerprint density at radius 3 is 2.96 bits per heavy atom. The zero-order valence-electron chi connectivity index (χ0n) is 12.9. The number of nitrogens with one attached hydrogen (secondary N) is 1. The van der Waals surface area contributed by atoms with Crippen LogP contribution in [-0.4, -0.2) is 39.7 Å². The van der Waals surface area contributed by atoms with Crippen LogP contribution in [0.15, 0.2) is 48.1 Å². The molecule has 1 aromatic carbocycles. The second-order valence-electron chi connectivity index (χ2n) is 5.32. The Labute approximate surface area is 138 Å². The molecule has 0 saturated heterocycles. The van der Waals surface area contributed by atoms with Crippen molar-refractivity contribution in [1.29, 1.82) is 0 Å². The summed E-state index contributed by atoms with van der Waals surface area (Å²) in [6, 6.07) is 9.38. The second-order valence-corrected chi connectivity index (χ2v) is 6.26. The standard InChI is InChI=1S/C16H17N5OS/c1-20(2)10-15-19-14(11-23-15)16(22)18-12-5-3-6-13(9-12)21-8-4-7-17-21/h3-9,11H,10H2,1-2H3,(H,18,22). The van der Waals surface area contributed by atoms with Crippen LogP contribution in [0.3, 0.4) is 0 Å². The highest BCUT2D eigenvalue weighted by molar-refractivity contribution is 7.09. The minimum absolute atomic E-state index is 0.205. The van der Waals surface area contributed by atoms with Crippen LogP contribution >= 0.6 is 11.3 Å². The summed E-state index contributed by atoms with van der Waals surface area (Å²) in [5.74, 6) is -0.205. The molecular weight excluding hydrogens is 310 g/mol. The average Bonchev–Trinajstić information content (AvgIpc) is 3.18. The van der Waals surface area contributed by atoms with Gasteiger partial charge in [0.2, 0.25) is 0 Å². The van der Waals surface area contributed by atoms with Crippen molar-refractivity contribution in [2.24, 2.45) is 0 Å². The van der Waals surface area contributed by atoms with Gasteiger partial charge in [0.1, 0.15) is 10.7 Å². The second kappa shape index (κ2) is 6.72. The van der Waals surface area contributed by atoms with Gasteiger partial charge in [0.15, 0.2) is 0 Å². The summed E-state index contributed by atoms with van der Waals surface area (Å²) in [6.45, 7) is 0.729. The maximum absolute atomic E-state index is 12.3. The molecular formula is C16H17N5OS. The fraction of sp³-hybridized carbons (Fsp3) is 0.188. The van der Waals surface area contributed by atoms with E-state index in [1.807, 2.05) is 55.5 Å². The highest BCUT2D eigenvalue weighted by Gasteiger charge is 2.12. The lowest BCUT2D eigenvalue weighted by Crippen LogP contribution is -2.14. The number of benzene rings is 1. The molecule has 3 aromatic rings. The molecule has 6 nitrogen and oxygen atoms in total. The van der Waals surface area contributed by atoms with E-state index in [9.17, 15) is 4.79 Å². The summed E-state index contributed by atoms with van der Waals surface area (Å²) < 4.78 is 1.74. The first-order valence-corrected chi connectivity index (χ1v) is 8.00. The van der Waals surface area contributed by atoms with Crippen LogP contribution in [0.2, 0.25) is 0 Å². The number of rotatable bonds is 5. The van der Waals surface area contributed by atoms with Gasteiger partial charge in [-0.25, -0.2) is 9.67 Å². The minimum atomic E-state index is -0.205. The van der Waals surface area contributed by atoms with Crippen molar-refractivity contribution in [1.82, 2.24) is 19.7 Å². The van der Waals surface area contributed by atoms with E-state index in [0.717, 1.165) is 17.2 Å². The number of hydrogen-bond acceptors (Lipinski definition) is 5. The lowest BCUT2D eigenvalue weighted by molar-refractivity contribution is 0.102. The zero-order valence-corrected chi connectivity index (χ0v) is 13.7. The van der Waals surface area contributed by atoms with Gasteiger partial charge >= 0.3 is 0 Å². The molecule has 0 atom stereocenters. The molecule has 2 heterocycles. The Balaban J connectivity index is 1.73. The number of carbonyl (C=O) groups is 1. The predicted octanol–water partition coefficient (Wildman–Crippen LogP) is 2.64. The highest BCUT2D eigenvalue weighted by Crippen LogP contribution is 2.16. The largest absolute Gasteiger partial charge is 0.321 e. The summed E-state index contributed by atoms with van der Waals surface area (Å²) in [6.07, 6.45) is 3.57. The zero-order chi connectivity index (χ0) is 16.2. The van der Waals surface area contributed by atoms with E-state index >= 15 is 0 Å². The first-order chi connectivity index (χ1) is 11.1. The Kier molecular flexibility index (Phi) is 4.50. The van der Waals surface area contributed by atoms with E-state index in [-0.39, 0.29) is 5.91 Å². The molecule has 0 bridgehead atoms. The van der Waals surface area contributed by atoms with Gasteiger partial charge in [-0.3, -0.25) is 4.79 Å². The molecule has 7 heteroatoms. The highest BCUT2D eigenvalue weighted by atomic mass is 32.1. The third kappa shape index (κ3) is 3.82. The van der Waals surface area contributed by atoms with Crippen molar-refractivity contribution >= 4 is 22.9 Å². The van der Waals surface area contributed by atoms with Crippen LogP contribution < -0.4 is 5.32 Å². The summed E-state index contributed by atoms with van der Waals surface area (Å²) >= 11 is 1.49. The van der Waals surface area contributed by atoms with Crippen LogP contribution in [-0.2, 0) is 6.54 Å². The molecule has 0 spiro atoms. The molecule has 2 aromatic heterocycles. The number of hydrogen-bond donors (Lipinski definition) is 1. The molecule has 118 valence electrons. The number of anilines is 1. The SMILES string of the molecule is CN(C)Cc1nc(C(=O)Nc2cccc(-n3cccn3)c2)cs1. The fourth-order valence-corrected chi connectivity index (χ4v) is 2.99. The number of amides is 1. The molecule has 23 heavy (non-hydrogen) atoms. The first kappa shape index (κ1) is 15.4. The van der Waals surface area contributed by atoms with Crippen molar-refractivity contribution in [2.75, 3.05) is 19.4 Å². The van der Waals surface area contributed by atoms with Crippen LogP contribution in [0.1, 0.15) is 15.5 Å². The summed E-state index contributed by atoms with van der Waals surface area (Å²) in [4.78, 5) is 18.7. The van der Waals surface area contributed by atoms with E-state index in [4.69, 9.17) is 0 Å². The van der Waals surface area contributed by atoms with Crippen LogP contribution in [0.5, 0.6) is 0 Å². The predicted molar refractivity (Wildman–Crippen MR) is 91.0 cm³/mol. The topological polar surface area (TPSA) is 63.1 Å². The lowest BCUT2D eigenvalue weighted by atomic mass is 10.2. The maximum atomic E-state index is 12.3. The number of carbonyl (C=O) groups excluding carboxylic acids is 1. The van der Waals surface area contributed by atoms with E-state index in [1.165, 1.54) is 11.3 Å². The van der Waals surface area contributed by atoms with Gasteiger partial charge in [0, 0.05) is 30.0 Å². The fourth-order valence-electron chi connectivity index (χ4n) is 2.10. The van der Waals surface area contributed by atoms with Gasteiger partial charge in [-0.1, -0.05) is 6.07 Å². The Morgan fingerprint density at radius 1 is 1.35 bits per heavy atom. The van der Waals surface area contributed by atoms with Crippen molar-refractivity contribution in [3.8, 4) is 5.69 Å². The normalized spacial score (nSPS) is 10.9. The minimum Gasteiger partial charge on any atom is -0.321 e. The Bertz CT molecular complexity index is 794. The average molecular weight is 327 g/mol. The lowest BCUT2D eigenvalue weighted by Gasteiger charge is -2.07. The van der Waals surface area contributed by atoms with Gasteiger partial charge in [0.05, 0.1) is 5.69 Å². The van der Waals surface area contributed by atoms with E-state index in [1.54, 1.807) is 16.3 Å². The van der Waals surface area contributed by atoms with E-state index in [0.29, 0.717) is 11.4 Å². The van der Waals surface area contributed by atoms with Crippen molar-refractivity contribution in [3.05, 3.63) is 58.8 Å². The van der Waals surface area contributed by atoms with Gasteiger partial charge in [-0.05, 0) is 38.4 Å². The monoisotopic (exact) mass is 327 g/mol. The summed E-state index contributed by atoms with van der Waals surface area (Å²) in [7, 11) is 3.95. The van der Waals surface area contributed by atoms with Crippen LogP contribution in [0.25, 0.3) is 5.69 Å². The summed E-state index contributed by atoms with van der Waals surface area (Å²) in [5.41, 5.74) is 2.04. The molecule has 0 aliphatic rings. The molecule has 3 rings (SSSR count). The van der Waals surface area contributed by atoms with Crippen molar-refractivity contribution in [3.63, 3.8) is 0 Å². The third-order valence-electron chi connectivity index (χ3n) is 3.11. The Hall–Kier alpha value is -2.51. The van der Waals surface area contributed by atoms with Gasteiger partial charge in [-0.2, -0.15) is 5.10 Å². The maximum Gasteiger partial charge on any atom is 0.275 e. The molecule has 0 saturated carbocycles. The van der Waals surface area contributed by atoms with Gasteiger partial charge in [0.25, 0.3) is 5.91 Å². The number of aromatic nitrogens is 3. The summed E-state index contributed by atoms with van der Waals surface area (Å²) in [5, 5.41) is 9.77. The number of nitrogens with zero attached hydrogens (tertiary/aromatic N) is 4. The number of thiazole rings is 1. The molecule has 0 fully saturated rings. The molecule has 0 radical (unpaired) electrons.